The predicted molar refractivity (Wildman–Crippen MR) is 137 cm³/mol. The molecule has 0 radical (unpaired) electrons. The second-order valence-corrected chi connectivity index (χ2v) is 10.9. The third kappa shape index (κ3) is 4.33. The molecule has 176 valence electrons. The molecule has 1 N–H and O–H groups in total. The number of hydrogen-bond donors (Lipinski definition) is 1. The summed E-state index contributed by atoms with van der Waals surface area (Å²) < 4.78 is 29.7. The maximum atomic E-state index is 13.1. The fourth-order valence-corrected chi connectivity index (χ4v) is 6.61. The molecule has 5 rings (SSSR count). The van der Waals surface area contributed by atoms with Crippen molar-refractivity contribution in [3.63, 3.8) is 0 Å². The van der Waals surface area contributed by atoms with E-state index in [4.69, 9.17) is 0 Å². The SMILES string of the molecule is CCn1c2ccccc2c2cc(NC(=O)[C@H]3CCCN(S(=O)(=O)Cc4ccccc4)C3)ccc21. The van der Waals surface area contributed by atoms with Crippen LogP contribution in [-0.4, -0.2) is 36.3 Å². The van der Waals surface area contributed by atoms with E-state index in [0.717, 1.165) is 34.1 Å². The van der Waals surface area contributed by atoms with Gasteiger partial charge in [0.15, 0.2) is 0 Å². The van der Waals surface area contributed by atoms with E-state index in [1.807, 2.05) is 60.7 Å². The Morgan fingerprint density at radius 1 is 0.971 bits per heavy atom. The van der Waals surface area contributed by atoms with Crippen LogP contribution < -0.4 is 5.32 Å². The zero-order valence-corrected chi connectivity index (χ0v) is 20.1. The summed E-state index contributed by atoms with van der Waals surface area (Å²) in [5.74, 6) is -0.537. The van der Waals surface area contributed by atoms with E-state index in [9.17, 15) is 13.2 Å². The van der Waals surface area contributed by atoms with Crippen LogP contribution in [0.25, 0.3) is 21.8 Å². The van der Waals surface area contributed by atoms with Crippen molar-refractivity contribution < 1.29 is 13.2 Å². The number of benzene rings is 3. The standard InChI is InChI=1S/C27H29N3O3S/c1-2-30-25-13-7-6-12-23(25)24-17-22(14-15-26(24)30)28-27(31)21-11-8-16-29(18-21)34(32,33)19-20-9-4-3-5-10-20/h3-7,9-10,12-15,17,21H,2,8,11,16,18-19H2,1H3,(H,28,31)/t21-/m0/s1. The van der Waals surface area contributed by atoms with Gasteiger partial charge in [0.25, 0.3) is 0 Å². The van der Waals surface area contributed by atoms with E-state index in [1.165, 1.54) is 9.82 Å². The van der Waals surface area contributed by atoms with E-state index >= 15 is 0 Å². The molecular weight excluding hydrogens is 446 g/mol. The number of para-hydroxylation sites is 1. The van der Waals surface area contributed by atoms with Gasteiger partial charge in [-0.05, 0) is 49.6 Å². The number of nitrogens with zero attached hydrogens (tertiary/aromatic N) is 2. The summed E-state index contributed by atoms with van der Waals surface area (Å²) in [6, 6.07) is 23.5. The molecule has 0 unspecified atom stereocenters. The van der Waals surface area contributed by atoms with Crippen molar-refractivity contribution in [1.82, 2.24) is 8.87 Å². The second kappa shape index (κ2) is 9.24. The summed E-state index contributed by atoms with van der Waals surface area (Å²) in [6.45, 7) is 3.67. The zero-order valence-electron chi connectivity index (χ0n) is 19.3. The molecule has 0 spiro atoms. The topological polar surface area (TPSA) is 71.4 Å². The molecule has 4 aromatic rings. The molecule has 34 heavy (non-hydrogen) atoms. The molecule has 1 saturated heterocycles. The number of anilines is 1. The second-order valence-electron chi connectivity index (χ2n) is 8.92. The van der Waals surface area contributed by atoms with Gasteiger partial charge in [0.2, 0.25) is 15.9 Å². The molecule has 1 aliphatic rings. The highest BCUT2D eigenvalue weighted by Crippen LogP contribution is 2.31. The van der Waals surface area contributed by atoms with Crippen LogP contribution in [0.2, 0.25) is 0 Å². The summed E-state index contributed by atoms with van der Waals surface area (Å²) >= 11 is 0. The van der Waals surface area contributed by atoms with Crippen molar-refractivity contribution in [2.45, 2.75) is 32.1 Å². The van der Waals surface area contributed by atoms with Gasteiger partial charge < -0.3 is 9.88 Å². The lowest BCUT2D eigenvalue weighted by molar-refractivity contribution is -0.120. The summed E-state index contributed by atoms with van der Waals surface area (Å²) in [4.78, 5) is 13.1. The third-order valence-electron chi connectivity index (χ3n) is 6.70. The number of hydrogen-bond acceptors (Lipinski definition) is 3. The number of carbonyl (C=O) groups excluding carboxylic acids is 1. The Balaban J connectivity index is 1.33. The lowest BCUT2D eigenvalue weighted by Crippen LogP contribution is -2.44. The van der Waals surface area contributed by atoms with Crippen LogP contribution in [0.5, 0.6) is 0 Å². The first-order chi connectivity index (χ1) is 16.5. The molecule has 2 heterocycles. The minimum Gasteiger partial charge on any atom is -0.341 e. The van der Waals surface area contributed by atoms with Gasteiger partial charge in [0.05, 0.1) is 11.7 Å². The van der Waals surface area contributed by atoms with Crippen LogP contribution in [0.1, 0.15) is 25.3 Å². The quantitative estimate of drug-likeness (QED) is 0.427. The molecule has 1 aromatic heterocycles. The normalized spacial score (nSPS) is 17.3. The number of sulfonamides is 1. The van der Waals surface area contributed by atoms with Crippen LogP contribution in [0.4, 0.5) is 5.69 Å². The molecule has 7 heteroatoms. The molecule has 1 aliphatic heterocycles. The molecule has 3 aromatic carbocycles. The largest absolute Gasteiger partial charge is 0.341 e. The Morgan fingerprint density at radius 3 is 2.50 bits per heavy atom. The summed E-state index contributed by atoms with van der Waals surface area (Å²) in [7, 11) is -3.48. The third-order valence-corrected chi connectivity index (χ3v) is 8.51. The number of piperidine rings is 1. The number of rotatable bonds is 6. The molecular formula is C27H29N3O3S. The fraction of sp³-hybridized carbons (Fsp3) is 0.296. The number of nitrogens with one attached hydrogen (secondary N) is 1. The van der Waals surface area contributed by atoms with E-state index in [2.05, 4.69) is 28.9 Å². The van der Waals surface area contributed by atoms with Gasteiger partial charge in [0, 0.05) is 47.1 Å². The summed E-state index contributed by atoms with van der Waals surface area (Å²) in [6.07, 6.45) is 1.36. The number of fused-ring (bicyclic) bond motifs is 3. The van der Waals surface area contributed by atoms with Crippen molar-refractivity contribution in [2.24, 2.45) is 5.92 Å². The summed E-state index contributed by atoms with van der Waals surface area (Å²) in [5.41, 5.74) is 3.81. The van der Waals surface area contributed by atoms with Gasteiger partial charge >= 0.3 is 0 Å². The van der Waals surface area contributed by atoms with Gasteiger partial charge in [-0.15, -0.1) is 0 Å². The fourth-order valence-electron chi connectivity index (χ4n) is 5.00. The highest BCUT2D eigenvalue weighted by molar-refractivity contribution is 7.88. The first-order valence-electron chi connectivity index (χ1n) is 11.8. The van der Waals surface area contributed by atoms with Crippen LogP contribution in [0.3, 0.4) is 0 Å². The maximum absolute atomic E-state index is 13.1. The van der Waals surface area contributed by atoms with Gasteiger partial charge in [-0.1, -0.05) is 48.5 Å². The van der Waals surface area contributed by atoms with Gasteiger partial charge in [-0.2, -0.15) is 0 Å². The van der Waals surface area contributed by atoms with Crippen LogP contribution in [-0.2, 0) is 27.1 Å². The zero-order chi connectivity index (χ0) is 23.7. The number of carbonyl (C=O) groups is 1. The molecule has 0 aliphatic carbocycles. The van der Waals surface area contributed by atoms with Gasteiger partial charge in [-0.3, -0.25) is 4.79 Å². The average Bonchev–Trinajstić information content (AvgIpc) is 3.17. The van der Waals surface area contributed by atoms with Crippen molar-refractivity contribution in [3.8, 4) is 0 Å². The molecule has 1 atom stereocenters. The van der Waals surface area contributed by atoms with E-state index < -0.39 is 10.0 Å². The summed E-state index contributed by atoms with van der Waals surface area (Å²) in [5, 5.41) is 5.31. The lowest BCUT2D eigenvalue weighted by Gasteiger charge is -2.31. The highest BCUT2D eigenvalue weighted by Gasteiger charge is 2.32. The minimum absolute atomic E-state index is 0.0413. The van der Waals surface area contributed by atoms with E-state index in [0.29, 0.717) is 19.4 Å². The Bertz CT molecular complexity index is 1440. The van der Waals surface area contributed by atoms with Crippen LogP contribution in [0, 0.1) is 5.92 Å². The molecule has 6 nitrogen and oxygen atoms in total. The van der Waals surface area contributed by atoms with Crippen molar-refractivity contribution in [1.29, 1.82) is 0 Å². The Labute approximate surface area is 200 Å². The molecule has 1 amide bonds. The van der Waals surface area contributed by atoms with E-state index in [-0.39, 0.29) is 24.1 Å². The Hall–Kier alpha value is -3.16. The van der Waals surface area contributed by atoms with Gasteiger partial charge in [0.1, 0.15) is 0 Å². The van der Waals surface area contributed by atoms with Crippen LogP contribution >= 0.6 is 0 Å². The first kappa shape index (κ1) is 22.6. The van der Waals surface area contributed by atoms with Crippen LogP contribution in [0.15, 0.2) is 72.8 Å². The van der Waals surface area contributed by atoms with Crippen molar-refractivity contribution >= 4 is 43.4 Å². The van der Waals surface area contributed by atoms with Crippen molar-refractivity contribution in [2.75, 3.05) is 18.4 Å². The minimum atomic E-state index is -3.48. The number of amides is 1. The van der Waals surface area contributed by atoms with Crippen molar-refractivity contribution in [3.05, 3.63) is 78.4 Å². The average molecular weight is 476 g/mol. The molecule has 0 bridgehead atoms. The number of aromatic nitrogens is 1. The number of aryl methyl sites for hydroxylation is 1. The molecule has 0 saturated carbocycles. The predicted octanol–water partition coefficient (Wildman–Crippen LogP) is 4.99. The molecule has 1 fully saturated rings. The van der Waals surface area contributed by atoms with E-state index in [1.54, 1.807) is 0 Å². The first-order valence-corrected chi connectivity index (χ1v) is 13.4. The maximum Gasteiger partial charge on any atom is 0.228 e. The highest BCUT2D eigenvalue weighted by atomic mass is 32.2. The Kier molecular flexibility index (Phi) is 6.15. The smallest absolute Gasteiger partial charge is 0.228 e. The lowest BCUT2D eigenvalue weighted by atomic mass is 9.98. The van der Waals surface area contributed by atoms with Gasteiger partial charge in [-0.25, -0.2) is 12.7 Å². The Morgan fingerprint density at radius 2 is 1.71 bits per heavy atom. The monoisotopic (exact) mass is 475 g/mol.